The van der Waals surface area contributed by atoms with Crippen molar-refractivity contribution in [3.63, 3.8) is 0 Å². The Morgan fingerprint density at radius 3 is 2.14 bits per heavy atom. The van der Waals surface area contributed by atoms with Gasteiger partial charge < -0.3 is 25.6 Å². The third-order valence-electron chi connectivity index (χ3n) is 4.22. The van der Waals surface area contributed by atoms with Crippen molar-refractivity contribution >= 4 is 18.6 Å². The average molecular weight is 407 g/mol. The van der Waals surface area contributed by atoms with Gasteiger partial charge in [0.2, 0.25) is 12.3 Å². The van der Waals surface area contributed by atoms with E-state index in [1.807, 2.05) is 34.9 Å². The number of nitrogens with zero attached hydrogens (tertiary/aromatic N) is 1. The minimum atomic E-state index is -0.227. The van der Waals surface area contributed by atoms with E-state index in [0.717, 1.165) is 51.2 Å². The van der Waals surface area contributed by atoms with Gasteiger partial charge in [-0.05, 0) is 53.8 Å². The van der Waals surface area contributed by atoms with Gasteiger partial charge in [-0.1, -0.05) is 26.7 Å². The Labute approximate surface area is 171 Å². The van der Waals surface area contributed by atoms with Gasteiger partial charge in [0, 0.05) is 12.6 Å². The quantitative estimate of drug-likeness (QED) is 0.381. The number of likely N-dealkylation sites (tertiary alicyclic amines) is 1. The van der Waals surface area contributed by atoms with E-state index < -0.39 is 0 Å². The lowest BCUT2D eigenvalue weighted by atomic mass is 10.1. The molecule has 0 aromatic rings. The second-order valence-corrected chi connectivity index (χ2v) is 6.14. The maximum absolute atomic E-state index is 11.5. The highest BCUT2D eigenvalue weighted by molar-refractivity contribution is 5.81. The summed E-state index contributed by atoms with van der Waals surface area (Å²) < 4.78 is 9.50. The molecule has 0 radical (unpaired) electrons. The third kappa shape index (κ3) is 14.5. The summed E-state index contributed by atoms with van der Waals surface area (Å²) in [6, 6.07) is -0.184. The maximum atomic E-state index is 11.5. The molecule has 1 saturated heterocycles. The van der Waals surface area contributed by atoms with Crippen molar-refractivity contribution in [2.45, 2.75) is 77.4 Å². The van der Waals surface area contributed by atoms with Crippen LogP contribution in [0.25, 0.3) is 0 Å². The number of hydrogen-bond acceptors (Lipinski definition) is 5. The predicted molar refractivity (Wildman–Crippen MR) is 114 cm³/mol. The molecule has 3 atom stereocenters. The lowest BCUT2D eigenvalue weighted by molar-refractivity contribution is -0.125. The molecule has 0 aromatic heterocycles. The van der Waals surface area contributed by atoms with Crippen LogP contribution in [0.2, 0.25) is 0 Å². The topological polar surface area (TPSA) is 90.5 Å². The zero-order chi connectivity index (χ0) is 22.4. The summed E-state index contributed by atoms with van der Waals surface area (Å²) in [7, 11) is 6.01. The first-order valence-electron chi connectivity index (χ1n) is 10.1. The first kappa shape index (κ1) is 31.2. The zero-order valence-electron chi connectivity index (χ0n) is 18.9. The summed E-state index contributed by atoms with van der Waals surface area (Å²) in [6.07, 6.45) is 7.27. The molecule has 3 unspecified atom stereocenters. The second kappa shape index (κ2) is 23.5. The summed E-state index contributed by atoms with van der Waals surface area (Å²) in [6.45, 7) is 6.51. The van der Waals surface area contributed by atoms with E-state index in [9.17, 15) is 18.8 Å². The number of unbranched alkanes of at least 4 members (excludes halogenated alkanes) is 2. The average Bonchev–Trinajstić information content (AvgIpc) is 3.15. The number of hydrogen-bond donors (Lipinski definition) is 3. The van der Waals surface area contributed by atoms with Crippen molar-refractivity contribution in [2.75, 3.05) is 34.9 Å². The molecule has 0 bridgehead atoms. The Morgan fingerprint density at radius 2 is 1.68 bits per heavy atom. The zero-order valence-corrected chi connectivity index (χ0v) is 18.9. The highest BCUT2D eigenvalue weighted by Gasteiger charge is 2.31. The standard InChI is InChI=1S/C15H27N3O3.C2H7N.C2H6.CH3F/c1-12(16-2)15(21)17-9-5-3-4-6-13-7-8-14(10-19)18(13)11-20;1-3-2;2*1-2/h10-14,16H,3-9H2,1-2H3,(H,17,21);3H,1-2H3;1-2H3;1H3. The number of carbonyl (C=O) groups is 3. The van der Waals surface area contributed by atoms with Crippen LogP contribution < -0.4 is 16.0 Å². The SMILES string of the molecule is CC.CF.CNC.CNC(C)C(=O)NCCCCCC1CCC(C=O)N1C=O. The summed E-state index contributed by atoms with van der Waals surface area (Å²) in [5, 5.41) is 8.53. The molecule has 7 nitrogen and oxygen atoms in total. The Bertz CT molecular complexity index is 373. The smallest absolute Gasteiger partial charge is 0.236 e. The first-order valence-corrected chi connectivity index (χ1v) is 10.1. The Hall–Kier alpha value is -1.54. The summed E-state index contributed by atoms with van der Waals surface area (Å²) in [5.41, 5.74) is 0. The largest absolute Gasteiger partial charge is 0.355 e. The molecule has 0 aliphatic carbocycles. The third-order valence-corrected chi connectivity index (χ3v) is 4.22. The number of carbonyl (C=O) groups excluding carboxylic acids is 3. The van der Waals surface area contributed by atoms with Crippen LogP contribution in [-0.4, -0.2) is 76.5 Å². The molecule has 2 amide bonds. The molecule has 28 heavy (non-hydrogen) atoms. The Morgan fingerprint density at radius 1 is 1.11 bits per heavy atom. The lowest BCUT2D eigenvalue weighted by Gasteiger charge is -2.23. The molecule has 168 valence electrons. The number of amides is 2. The number of alkyl halides is 1. The van der Waals surface area contributed by atoms with Crippen LogP contribution >= 0.6 is 0 Å². The predicted octanol–water partition coefficient (Wildman–Crippen LogP) is 1.91. The van der Waals surface area contributed by atoms with Gasteiger partial charge in [0.05, 0.1) is 19.3 Å². The molecule has 0 spiro atoms. The van der Waals surface area contributed by atoms with Gasteiger partial charge in [-0.3, -0.25) is 14.0 Å². The molecular formula is C20H43FN4O3. The fourth-order valence-corrected chi connectivity index (χ4v) is 2.71. The van der Waals surface area contributed by atoms with Crippen molar-refractivity contribution in [3.05, 3.63) is 0 Å². The number of aldehydes is 1. The Balaban J connectivity index is -0.000000789. The van der Waals surface area contributed by atoms with Crippen molar-refractivity contribution in [3.8, 4) is 0 Å². The van der Waals surface area contributed by atoms with Crippen LogP contribution in [0.3, 0.4) is 0 Å². The number of likely N-dealkylation sites (N-methyl/N-ethyl adjacent to an activating group) is 1. The van der Waals surface area contributed by atoms with Crippen LogP contribution in [0.4, 0.5) is 4.39 Å². The van der Waals surface area contributed by atoms with Gasteiger partial charge in [0.1, 0.15) is 6.29 Å². The van der Waals surface area contributed by atoms with E-state index in [1.165, 1.54) is 0 Å². The number of nitrogens with one attached hydrogen (secondary N) is 3. The van der Waals surface area contributed by atoms with Crippen molar-refractivity contribution in [1.82, 2.24) is 20.9 Å². The minimum Gasteiger partial charge on any atom is -0.355 e. The van der Waals surface area contributed by atoms with E-state index in [1.54, 1.807) is 11.9 Å². The summed E-state index contributed by atoms with van der Waals surface area (Å²) >= 11 is 0. The fourth-order valence-electron chi connectivity index (χ4n) is 2.71. The minimum absolute atomic E-state index is 0.0225. The molecule has 3 N–H and O–H groups in total. The molecule has 8 heteroatoms. The van der Waals surface area contributed by atoms with Crippen molar-refractivity contribution < 1.29 is 18.8 Å². The normalized spacial score (nSPS) is 18.2. The van der Waals surface area contributed by atoms with Crippen LogP contribution in [-0.2, 0) is 14.4 Å². The molecule has 1 aliphatic rings. The monoisotopic (exact) mass is 406 g/mol. The van der Waals surface area contributed by atoms with Gasteiger partial charge in [0.25, 0.3) is 0 Å². The van der Waals surface area contributed by atoms with E-state index in [2.05, 4.69) is 16.0 Å². The van der Waals surface area contributed by atoms with Crippen molar-refractivity contribution in [1.29, 1.82) is 0 Å². The van der Waals surface area contributed by atoms with Gasteiger partial charge in [-0.25, -0.2) is 0 Å². The first-order chi connectivity index (χ1) is 13.5. The van der Waals surface area contributed by atoms with E-state index >= 15 is 0 Å². The van der Waals surface area contributed by atoms with Gasteiger partial charge >= 0.3 is 0 Å². The number of rotatable bonds is 10. The molecule has 1 fully saturated rings. The highest BCUT2D eigenvalue weighted by Crippen LogP contribution is 2.25. The van der Waals surface area contributed by atoms with Gasteiger partial charge in [-0.2, -0.15) is 0 Å². The summed E-state index contributed by atoms with van der Waals surface area (Å²) in [5.74, 6) is 0.0225. The van der Waals surface area contributed by atoms with Crippen LogP contribution in [0.5, 0.6) is 0 Å². The van der Waals surface area contributed by atoms with Crippen LogP contribution in [0.15, 0.2) is 0 Å². The molecule has 0 aromatic carbocycles. The summed E-state index contributed by atoms with van der Waals surface area (Å²) in [4.78, 5) is 35.0. The lowest BCUT2D eigenvalue weighted by Crippen LogP contribution is -2.40. The van der Waals surface area contributed by atoms with E-state index in [4.69, 9.17) is 0 Å². The molecule has 1 rings (SSSR count). The number of halogens is 1. The van der Waals surface area contributed by atoms with Crippen LogP contribution in [0, 0.1) is 0 Å². The van der Waals surface area contributed by atoms with E-state index in [0.29, 0.717) is 13.7 Å². The molecular weight excluding hydrogens is 363 g/mol. The molecule has 1 aliphatic heterocycles. The van der Waals surface area contributed by atoms with Gasteiger partial charge in [0.15, 0.2) is 0 Å². The highest BCUT2D eigenvalue weighted by atomic mass is 19.1. The van der Waals surface area contributed by atoms with E-state index in [-0.39, 0.29) is 24.0 Å². The fraction of sp³-hybridized carbons (Fsp3) is 0.850. The molecule has 1 heterocycles. The Kier molecular flexibility index (Phi) is 26.2. The van der Waals surface area contributed by atoms with Gasteiger partial charge in [-0.15, -0.1) is 0 Å². The molecule has 0 saturated carbocycles. The maximum Gasteiger partial charge on any atom is 0.236 e. The van der Waals surface area contributed by atoms with Crippen molar-refractivity contribution in [2.24, 2.45) is 0 Å². The second-order valence-electron chi connectivity index (χ2n) is 6.14. The van der Waals surface area contributed by atoms with Crippen LogP contribution in [0.1, 0.15) is 59.3 Å².